The highest BCUT2D eigenvalue weighted by atomic mass is 32.1. The number of hydrogen-bond donors (Lipinski definition) is 2. The van der Waals surface area contributed by atoms with Gasteiger partial charge in [-0.05, 0) is 32.1 Å². The third kappa shape index (κ3) is 5.00. The van der Waals surface area contributed by atoms with E-state index in [0.29, 0.717) is 32.0 Å². The lowest BCUT2D eigenvalue weighted by molar-refractivity contribution is -0.137. The van der Waals surface area contributed by atoms with E-state index in [2.05, 4.69) is 10.3 Å². The van der Waals surface area contributed by atoms with Crippen molar-refractivity contribution in [2.24, 2.45) is 5.92 Å². The highest BCUT2D eigenvalue weighted by molar-refractivity contribution is 7.11. The molecule has 0 unspecified atom stereocenters. The zero-order valence-electron chi connectivity index (χ0n) is 12.2. The number of rotatable bonds is 5. The minimum absolute atomic E-state index is 0.0560. The van der Waals surface area contributed by atoms with Crippen LogP contribution in [-0.2, 0) is 11.3 Å². The average molecular weight is 311 g/mol. The van der Waals surface area contributed by atoms with Gasteiger partial charge in [0.2, 0.25) is 0 Å². The standard InChI is InChI=1S/C14H21N3O3S/c1-10-8-15-12(21-10)9-16-14(20)17-6-4-11(5-7-17)2-3-13(18)19/h8,11H,2-7,9H2,1H3,(H,16,20)(H,18,19). The molecule has 0 aliphatic carbocycles. The predicted octanol–water partition coefficient (Wildman–Crippen LogP) is 2.24. The van der Waals surface area contributed by atoms with Crippen molar-refractivity contribution in [3.8, 4) is 0 Å². The first-order chi connectivity index (χ1) is 10.0. The lowest BCUT2D eigenvalue weighted by Gasteiger charge is -2.31. The Morgan fingerprint density at radius 2 is 2.19 bits per heavy atom. The number of carbonyl (C=O) groups is 2. The first-order valence-corrected chi connectivity index (χ1v) is 8.02. The molecule has 0 spiro atoms. The fourth-order valence-electron chi connectivity index (χ4n) is 2.50. The molecule has 1 saturated heterocycles. The SMILES string of the molecule is Cc1cnc(CNC(=O)N2CCC(CCC(=O)O)CC2)s1. The molecule has 6 nitrogen and oxygen atoms in total. The molecular formula is C14H21N3O3S. The van der Waals surface area contributed by atoms with Gasteiger partial charge in [-0.1, -0.05) is 0 Å². The van der Waals surface area contributed by atoms with Crippen molar-refractivity contribution in [3.05, 3.63) is 16.1 Å². The van der Waals surface area contributed by atoms with Crippen LogP contribution in [0.25, 0.3) is 0 Å². The monoisotopic (exact) mass is 311 g/mol. The zero-order valence-corrected chi connectivity index (χ0v) is 13.0. The Balaban J connectivity index is 1.69. The van der Waals surface area contributed by atoms with Crippen LogP contribution < -0.4 is 5.32 Å². The number of carboxylic acids is 1. The van der Waals surface area contributed by atoms with Crippen molar-refractivity contribution in [2.75, 3.05) is 13.1 Å². The summed E-state index contributed by atoms with van der Waals surface area (Å²) < 4.78 is 0. The summed E-state index contributed by atoms with van der Waals surface area (Å²) in [4.78, 5) is 29.8. The van der Waals surface area contributed by atoms with Crippen molar-refractivity contribution in [3.63, 3.8) is 0 Å². The molecule has 21 heavy (non-hydrogen) atoms. The number of nitrogens with zero attached hydrogens (tertiary/aromatic N) is 2. The molecule has 1 aromatic heterocycles. The van der Waals surface area contributed by atoms with Gasteiger partial charge in [-0.15, -0.1) is 11.3 Å². The van der Waals surface area contributed by atoms with Crippen LogP contribution in [0.5, 0.6) is 0 Å². The molecule has 7 heteroatoms. The van der Waals surface area contributed by atoms with Gasteiger partial charge in [0.25, 0.3) is 0 Å². The highest BCUT2D eigenvalue weighted by Gasteiger charge is 2.23. The van der Waals surface area contributed by atoms with E-state index in [-0.39, 0.29) is 12.5 Å². The number of carboxylic acid groups (broad SMARTS) is 1. The number of aryl methyl sites for hydroxylation is 1. The summed E-state index contributed by atoms with van der Waals surface area (Å²) in [5.74, 6) is -0.319. The van der Waals surface area contributed by atoms with E-state index in [1.165, 1.54) is 0 Å². The number of hydrogen-bond acceptors (Lipinski definition) is 4. The topological polar surface area (TPSA) is 82.5 Å². The molecule has 0 radical (unpaired) electrons. The maximum absolute atomic E-state index is 12.0. The number of likely N-dealkylation sites (tertiary alicyclic amines) is 1. The molecule has 0 atom stereocenters. The van der Waals surface area contributed by atoms with E-state index in [4.69, 9.17) is 5.11 Å². The van der Waals surface area contributed by atoms with Crippen LogP contribution in [0.1, 0.15) is 35.6 Å². The Morgan fingerprint density at radius 3 is 2.76 bits per heavy atom. The summed E-state index contributed by atoms with van der Waals surface area (Å²) in [6.07, 6.45) is 4.51. The number of urea groups is 1. The van der Waals surface area contributed by atoms with Crippen LogP contribution in [0.2, 0.25) is 0 Å². The molecule has 1 aliphatic rings. The normalized spacial score (nSPS) is 16.0. The average Bonchev–Trinajstić information content (AvgIpc) is 2.89. The summed E-state index contributed by atoms with van der Waals surface area (Å²) >= 11 is 1.59. The third-order valence-electron chi connectivity index (χ3n) is 3.73. The fraction of sp³-hybridized carbons (Fsp3) is 0.643. The minimum atomic E-state index is -0.742. The van der Waals surface area contributed by atoms with Gasteiger partial charge in [-0.2, -0.15) is 0 Å². The van der Waals surface area contributed by atoms with E-state index in [0.717, 1.165) is 22.7 Å². The van der Waals surface area contributed by atoms with Gasteiger partial charge >= 0.3 is 12.0 Å². The Morgan fingerprint density at radius 1 is 1.48 bits per heavy atom. The van der Waals surface area contributed by atoms with Gasteiger partial charge < -0.3 is 15.3 Å². The second-order valence-electron chi connectivity index (χ2n) is 5.39. The lowest BCUT2D eigenvalue weighted by Crippen LogP contribution is -2.44. The largest absolute Gasteiger partial charge is 0.481 e. The zero-order chi connectivity index (χ0) is 15.2. The van der Waals surface area contributed by atoms with Crippen molar-refractivity contribution >= 4 is 23.3 Å². The number of thiazole rings is 1. The van der Waals surface area contributed by atoms with E-state index in [1.807, 2.05) is 6.92 Å². The summed E-state index contributed by atoms with van der Waals surface area (Å²) in [6, 6.07) is -0.0560. The molecular weight excluding hydrogens is 290 g/mol. The maximum atomic E-state index is 12.0. The van der Waals surface area contributed by atoms with E-state index < -0.39 is 5.97 Å². The molecule has 2 heterocycles. The third-order valence-corrected chi connectivity index (χ3v) is 4.64. The van der Waals surface area contributed by atoms with Gasteiger partial charge in [0, 0.05) is 30.6 Å². The van der Waals surface area contributed by atoms with Crippen LogP contribution in [-0.4, -0.2) is 40.1 Å². The minimum Gasteiger partial charge on any atom is -0.481 e. The smallest absolute Gasteiger partial charge is 0.317 e. The van der Waals surface area contributed by atoms with Crippen molar-refractivity contribution in [1.82, 2.24) is 15.2 Å². The number of amides is 2. The predicted molar refractivity (Wildman–Crippen MR) is 80.3 cm³/mol. The van der Waals surface area contributed by atoms with Gasteiger partial charge in [-0.25, -0.2) is 9.78 Å². The molecule has 2 amide bonds. The van der Waals surface area contributed by atoms with Gasteiger partial charge in [0.15, 0.2) is 0 Å². The highest BCUT2D eigenvalue weighted by Crippen LogP contribution is 2.22. The molecule has 116 valence electrons. The maximum Gasteiger partial charge on any atom is 0.317 e. The Bertz CT molecular complexity index is 495. The molecule has 0 aromatic carbocycles. The molecule has 0 bridgehead atoms. The molecule has 1 aromatic rings. The summed E-state index contributed by atoms with van der Waals surface area (Å²) in [6.45, 7) is 3.86. The van der Waals surface area contributed by atoms with Crippen LogP contribution in [0.3, 0.4) is 0 Å². The Kier molecular flexibility index (Phi) is 5.55. The molecule has 0 saturated carbocycles. The second-order valence-corrected chi connectivity index (χ2v) is 6.71. The van der Waals surface area contributed by atoms with Gasteiger partial charge in [-0.3, -0.25) is 4.79 Å². The van der Waals surface area contributed by atoms with Crippen LogP contribution in [0, 0.1) is 12.8 Å². The Labute approximate surface area is 128 Å². The Hall–Kier alpha value is -1.63. The quantitative estimate of drug-likeness (QED) is 0.873. The van der Waals surface area contributed by atoms with Crippen LogP contribution in [0.15, 0.2) is 6.20 Å². The number of nitrogens with one attached hydrogen (secondary N) is 1. The van der Waals surface area contributed by atoms with Crippen molar-refractivity contribution < 1.29 is 14.7 Å². The first-order valence-electron chi connectivity index (χ1n) is 7.20. The van der Waals surface area contributed by atoms with E-state index >= 15 is 0 Å². The van der Waals surface area contributed by atoms with Crippen molar-refractivity contribution in [1.29, 1.82) is 0 Å². The summed E-state index contributed by atoms with van der Waals surface area (Å²) in [7, 11) is 0. The number of carbonyl (C=O) groups excluding carboxylic acids is 1. The summed E-state index contributed by atoms with van der Waals surface area (Å²) in [5.41, 5.74) is 0. The van der Waals surface area contributed by atoms with Crippen molar-refractivity contribution in [2.45, 2.75) is 39.2 Å². The lowest BCUT2D eigenvalue weighted by atomic mass is 9.92. The van der Waals surface area contributed by atoms with Gasteiger partial charge in [0.05, 0.1) is 6.54 Å². The van der Waals surface area contributed by atoms with Crippen LogP contribution in [0.4, 0.5) is 4.79 Å². The molecule has 1 aliphatic heterocycles. The molecule has 2 N–H and O–H groups in total. The van der Waals surface area contributed by atoms with E-state index in [9.17, 15) is 9.59 Å². The van der Waals surface area contributed by atoms with Gasteiger partial charge in [0.1, 0.15) is 5.01 Å². The first kappa shape index (κ1) is 15.8. The van der Waals surface area contributed by atoms with E-state index in [1.54, 1.807) is 22.4 Å². The molecule has 2 rings (SSSR count). The summed E-state index contributed by atoms with van der Waals surface area (Å²) in [5, 5.41) is 12.5. The number of piperidine rings is 1. The number of aliphatic carboxylic acids is 1. The number of aromatic nitrogens is 1. The molecule has 1 fully saturated rings. The second kappa shape index (κ2) is 7.40. The fourth-order valence-corrected chi connectivity index (χ4v) is 3.23. The van der Waals surface area contributed by atoms with Crippen LogP contribution >= 0.6 is 11.3 Å².